The zero-order chi connectivity index (χ0) is 5.28. The molecule has 0 atom stereocenters. The van der Waals surface area contributed by atoms with E-state index in [1.807, 2.05) is 0 Å². The Kier molecular flexibility index (Phi) is 3.57. The van der Waals surface area contributed by atoms with Crippen LogP contribution in [0.3, 0.4) is 0 Å². The number of aryl methyl sites for hydroxylation is 2. The van der Waals surface area contributed by atoms with E-state index in [4.69, 9.17) is 0 Å². The topological polar surface area (TPSA) is 0 Å². The number of rotatable bonds is 0. The first-order valence-electron chi connectivity index (χ1n) is 2.40. The molecular formula is C6H10LiP. The van der Waals surface area contributed by atoms with Gasteiger partial charge in [-0.1, -0.05) is 0 Å². The zero-order valence-electron chi connectivity index (χ0n) is 6.65. The summed E-state index contributed by atoms with van der Waals surface area (Å²) >= 11 is 0. The van der Waals surface area contributed by atoms with Crippen LogP contribution in [0.15, 0.2) is 11.6 Å². The summed E-state index contributed by atoms with van der Waals surface area (Å²) in [5.74, 6) is 4.55. The first kappa shape index (κ1) is 8.38. The SMILES string of the molecule is Cc1c[pH]cc1C.[H-].[Li+]. The van der Waals surface area contributed by atoms with Gasteiger partial charge in [-0.05, 0) is 36.6 Å². The van der Waals surface area contributed by atoms with Gasteiger partial charge in [0.2, 0.25) is 0 Å². The maximum atomic E-state index is 2.27. The second-order valence-electron chi connectivity index (χ2n) is 1.82. The molecule has 0 unspecified atom stereocenters. The zero-order valence-corrected chi connectivity index (χ0v) is 6.65. The fourth-order valence-electron chi connectivity index (χ4n) is 0.519. The van der Waals surface area contributed by atoms with Crippen molar-refractivity contribution in [3.8, 4) is 0 Å². The Bertz CT molecular complexity index is 145. The average molecular weight is 120 g/mol. The minimum atomic E-state index is 0. The Labute approximate surface area is 65.4 Å². The molecule has 1 aromatic heterocycles. The Morgan fingerprint density at radius 1 is 1.25 bits per heavy atom. The Morgan fingerprint density at radius 2 is 1.62 bits per heavy atom. The Morgan fingerprint density at radius 3 is 1.75 bits per heavy atom. The normalized spacial score (nSPS) is 8.25. The van der Waals surface area contributed by atoms with Crippen LogP contribution in [-0.2, 0) is 0 Å². The van der Waals surface area contributed by atoms with Crippen molar-refractivity contribution >= 4 is 8.19 Å². The fraction of sp³-hybridized carbons (Fsp3) is 0.333. The average Bonchev–Trinajstić information content (AvgIpc) is 1.91. The van der Waals surface area contributed by atoms with Gasteiger partial charge < -0.3 is 1.43 Å². The molecule has 0 amide bonds. The molecule has 0 N–H and O–H groups in total. The van der Waals surface area contributed by atoms with Gasteiger partial charge in [-0.25, -0.2) is 0 Å². The summed E-state index contributed by atoms with van der Waals surface area (Å²) in [7, 11) is 0.945. The van der Waals surface area contributed by atoms with Crippen molar-refractivity contribution in [1.29, 1.82) is 0 Å². The van der Waals surface area contributed by atoms with Gasteiger partial charge in [0.15, 0.2) is 0 Å². The summed E-state index contributed by atoms with van der Waals surface area (Å²) < 4.78 is 0. The summed E-state index contributed by atoms with van der Waals surface area (Å²) in [6, 6.07) is 0. The molecular weight excluding hydrogens is 110 g/mol. The first-order valence-corrected chi connectivity index (χ1v) is 3.56. The van der Waals surface area contributed by atoms with Gasteiger partial charge >= 0.3 is 18.9 Å². The Hall–Kier alpha value is 0.377. The summed E-state index contributed by atoms with van der Waals surface area (Å²) in [5.41, 5.74) is 2.91. The quantitative estimate of drug-likeness (QED) is 0.403. The molecule has 0 fully saturated rings. The van der Waals surface area contributed by atoms with Gasteiger partial charge in [-0.3, -0.25) is 0 Å². The van der Waals surface area contributed by atoms with E-state index in [9.17, 15) is 0 Å². The minimum Gasteiger partial charge on any atom is -1.00 e. The van der Waals surface area contributed by atoms with Crippen LogP contribution in [0, 0.1) is 13.8 Å². The first-order chi connectivity index (χ1) is 3.30. The van der Waals surface area contributed by atoms with Crippen LogP contribution in [0.1, 0.15) is 12.6 Å². The molecule has 1 aromatic rings. The molecule has 0 aliphatic heterocycles. The molecule has 0 radical (unpaired) electrons. The molecule has 0 aliphatic carbocycles. The largest absolute Gasteiger partial charge is 1.00 e. The second kappa shape index (κ2) is 3.41. The third kappa shape index (κ3) is 1.71. The van der Waals surface area contributed by atoms with Crippen LogP contribution in [0.5, 0.6) is 0 Å². The molecule has 0 saturated heterocycles. The molecule has 8 heavy (non-hydrogen) atoms. The third-order valence-corrected chi connectivity index (χ3v) is 2.42. The van der Waals surface area contributed by atoms with Gasteiger partial charge in [0.1, 0.15) is 0 Å². The van der Waals surface area contributed by atoms with E-state index in [-0.39, 0.29) is 20.3 Å². The van der Waals surface area contributed by atoms with Gasteiger partial charge in [-0.2, -0.15) is 0 Å². The summed E-state index contributed by atoms with van der Waals surface area (Å²) in [5, 5.41) is 0. The molecule has 0 nitrogen and oxygen atoms in total. The van der Waals surface area contributed by atoms with Crippen LogP contribution in [0.25, 0.3) is 0 Å². The van der Waals surface area contributed by atoms with E-state index in [0.29, 0.717) is 0 Å². The molecule has 1 rings (SSSR count). The maximum absolute atomic E-state index is 2.27. The van der Waals surface area contributed by atoms with Gasteiger partial charge in [-0.15, -0.1) is 8.19 Å². The predicted molar refractivity (Wildman–Crippen MR) is 36.5 cm³/mol. The van der Waals surface area contributed by atoms with E-state index in [0.717, 1.165) is 8.19 Å². The van der Waals surface area contributed by atoms with Crippen molar-refractivity contribution in [2.45, 2.75) is 13.8 Å². The van der Waals surface area contributed by atoms with Crippen LogP contribution in [-0.4, -0.2) is 0 Å². The molecule has 0 aliphatic rings. The van der Waals surface area contributed by atoms with Gasteiger partial charge in [0, 0.05) is 0 Å². The predicted octanol–water partition coefficient (Wildman–Crippen LogP) is -0.549. The molecule has 40 valence electrons. The van der Waals surface area contributed by atoms with Crippen molar-refractivity contribution < 1.29 is 20.3 Å². The van der Waals surface area contributed by atoms with Crippen molar-refractivity contribution in [3.05, 3.63) is 22.7 Å². The van der Waals surface area contributed by atoms with E-state index in [2.05, 4.69) is 25.4 Å². The molecule has 0 saturated carbocycles. The van der Waals surface area contributed by atoms with Crippen molar-refractivity contribution in [3.63, 3.8) is 0 Å². The van der Waals surface area contributed by atoms with Crippen LogP contribution in [0.4, 0.5) is 0 Å². The molecule has 2 heteroatoms. The maximum Gasteiger partial charge on any atom is 1.00 e. The standard InChI is InChI=1S/C6H9P.Li.H/c1-5-3-7-4-6(5)2;;/h3-4,7H,1-2H3;;/q;+1;-1. The van der Waals surface area contributed by atoms with Crippen LogP contribution < -0.4 is 18.9 Å². The molecule has 0 aromatic carbocycles. The molecule has 1 heterocycles. The van der Waals surface area contributed by atoms with Crippen molar-refractivity contribution in [2.24, 2.45) is 0 Å². The number of hydrogen-bond donors (Lipinski definition) is 0. The summed E-state index contributed by atoms with van der Waals surface area (Å²) in [6.45, 7) is 4.32. The van der Waals surface area contributed by atoms with Crippen LogP contribution in [0.2, 0.25) is 0 Å². The summed E-state index contributed by atoms with van der Waals surface area (Å²) in [6.07, 6.45) is 0. The van der Waals surface area contributed by atoms with E-state index < -0.39 is 0 Å². The fourth-order valence-corrected chi connectivity index (χ4v) is 1.56. The third-order valence-electron chi connectivity index (χ3n) is 1.22. The van der Waals surface area contributed by atoms with Gasteiger partial charge in [0.05, 0.1) is 0 Å². The smallest absolute Gasteiger partial charge is 1.00 e. The molecule has 0 bridgehead atoms. The minimum absolute atomic E-state index is 0. The number of hydrogen-bond acceptors (Lipinski definition) is 0. The van der Waals surface area contributed by atoms with Crippen molar-refractivity contribution in [2.75, 3.05) is 0 Å². The van der Waals surface area contributed by atoms with E-state index in [1.54, 1.807) is 0 Å². The van der Waals surface area contributed by atoms with Gasteiger partial charge in [0.25, 0.3) is 0 Å². The van der Waals surface area contributed by atoms with E-state index in [1.165, 1.54) is 11.1 Å². The van der Waals surface area contributed by atoms with Crippen LogP contribution >= 0.6 is 8.19 Å². The molecule has 0 spiro atoms. The second-order valence-corrected chi connectivity index (χ2v) is 2.73. The summed E-state index contributed by atoms with van der Waals surface area (Å²) in [4.78, 5) is 0. The Balaban J connectivity index is 0. The van der Waals surface area contributed by atoms with Crippen molar-refractivity contribution in [1.82, 2.24) is 0 Å². The van der Waals surface area contributed by atoms with E-state index >= 15 is 0 Å². The monoisotopic (exact) mass is 120 g/mol.